The van der Waals surface area contributed by atoms with Crippen LogP contribution in [0.15, 0.2) is 0 Å². The largest absolute Gasteiger partial charge is 0.312 e. The number of nitrogens with one attached hydrogen (secondary N) is 1. The van der Waals surface area contributed by atoms with Crippen LogP contribution in [0.5, 0.6) is 0 Å². The van der Waals surface area contributed by atoms with E-state index in [2.05, 4.69) is 29.1 Å². The van der Waals surface area contributed by atoms with Gasteiger partial charge in [0.2, 0.25) is 0 Å². The van der Waals surface area contributed by atoms with E-state index < -0.39 is 0 Å². The second-order valence-corrected chi connectivity index (χ2v) is 5.20. The van der Waals surface area contributed by atoms with E-state index in [1.54, 1.807) is 0 Å². The number of aromatic nitrogens is 2. The first-order chi connectivity index (χ1) is 7.85. The number of rotatable bonds is 4. The van der Waals surface area contributed by atoms with Crippen LogP contribution in [0.1, 0.15) is 36.6 Å². The van der Waals surface area contributed by atoms with Crippen LogP contribution in [-0.2, 0) is 25.1 Å². The maximum Gasteiger partial charge on any atom is 0.138 e. The van der Waals surface area contributed by atoms with Crippen LogP contribution in [-0.4, -0.2) is 22.3 Å². The van der Waals surface area contributed by atoms with Gasteiger partial charge in [0.15, 0.2) is 0 Å². The average molecular weight is 237 g/mol. The summed E-state index contributed by atoms with van der Waals surface area (Å²) in [4.78, 5) is 9.36. The van der Waals surface area contributed by atoms with Crippen molar-refractivity contribution >= 4 is 11.8 Å². The van der Waals surface area contributed by atoms with E-state index in [1.807, 2.05) is 11.8 Å². The topological polar surface area (TPSA) is 37.8 Å². The van der Waals surface area contributed by atoms with Crippen molar-refractivity contribution in [2.24, 2.45) is 0 Å². The molecule has 16 heavy (non-hydrogen) atoms. The molecule has 0 saturated carbocycles. The molecular formula is C12H19N3S. The molecule has 88 valence electrons. The minimum Gasteiger partial charge on any atom is -0.312 e. The normalized spacial score (nSPS) is 14.9. The second kappa shape index (κ2) is 5.64. The lowest BCUT2D eigenvalue weighted by Crippen LogP contribution is -2.27. The van der Waals surface area contributed by atoms with Gasteiger partial charge in [0, 0.05) is 30.8 Å². The fourth-order valence-electron chi connectivity index (χ4n) is 2.02. The molecule has 0 saturated heterocycles. The van der Waals surface area contributed by atoms with Crippen molar-refractivity contribution in [3.05, 3.63) is 22.8 Å². The monoisotopic (exact) mass is 237 g/mol. The van der Waals surface area contributed by atoms with Crippen molar-refractivity contribution in [2.75, 3.05) is 12.3 Å². The quantitative estimate of drug-likeness (QED) is 0.868. The highest BCUT2D eigenvalue weighted by atomic mass is 32.2. The molecule has 3 nitrogen and oxygen atoms in total. The Morgan fingerprint density at radius 1 is 1.31 bits per heavy atom. The third-order valence-corrected chi connectivity index (χ3v) is 3.71. The van der Waals surface area contributed by atoms with Gasteiger partial charge in [0.25, 0.3) is 0 Å². The van der Waals surface area contributed by atoms with Crippen molar-refractivity contribution in [3.8, 4) is 0 Å². The minimum absolute atomic E-state index is 0.944. The summed E-state index contributed by atoms with van der Waals surface area (Å²) in [5, 5.41) is 3.39. The molecule has 0 atom stereocenters. The Kier molecular flexibility index (Phi) is 4.18. The Morgan fingerprint density at radius 2 is 2.19 bits per heavy atom. The van der Waals surface area contributed by atoms with Gasteiger partial charge in [-0.2, -0.15) is 11.8 Å². The second-order valence-electron chi connectivity index (χ2n) is 3.93. The van der Waals surface area contributed by atoms with E-state index in [0.717, 1.165) is 43.3 Å². The Bertz CT molecular complexity index is 348. The summed E-state index contributed by atoms with van der Waals surface area (Å²) in [6, 6.07) is 0. The van der Waals surface area contributed by atoms with E-state index >= 15 is 0 Å². The molecule has 0 radical (unpaired) electrons. The first-order valence-electron chi connectivity index (χ1n) is 6.01. The van der Waals surface area contributed by atoms with E-state index in [0.29, 0.717) is 0 Å². The molecule has 2 heterocycles. The number of thioether (sulfide) groups is 1. The fourth-order valence-corrected chi connectivity index (χ4v) is 2.54. The lowest BCUT2D eigenvalue weighted by Gasteiger charge is -2.19. The van der Waals surface area contributed by atoms with Crippen molar-refractivity contribution in [2.45, 2.75) is 39.0 Å². The third kappa shape index (κ3) is 2.55. The molecule has 0 aliphatic carbocycles. The highest BCUT2D eigenvalue weighted by Crippen LogP contribution is 2.18. The molecule has 0 aromatic carbocycles. The lowest BCUT2D eigenvalue weighted by atomic mass is 10.0. The van der Waals surface area contributed by atoms with Crippen molar-refractivity contribution in [3.63, 3.8) is 0 Å². The van der Waals surface area contributed by atoms with Gasteiger partial charge in [-0.25, -0.2) is 9.97 Å². The molecule has 1 N–H and O–H groups in total. The first-order valence-corrected chi connectivity index (χ1v) is 7.16. The molecule has 0 fully saturated rings. The van der Waals surface area contributed by atoms with Crippen molar-refractivity contribution in [1.29, 1.82) is 0 Å². The van der Waals surface area contributed by atoms with Crippen molar-refractivity contribution in [1.82, 2.24) is 15.3 Å². The number of fused-ring (bicyclic) bond motifs is 1. The van der Waals surface area contributed by atoms with Gasteiger partial charge in [-0.1, -0.05) is 13.8 Å². The molecular weight excluding hydrogens is 218 g/mol. The molecule has 1 aliphatic heterocycles. The summed E-state index contributed by atoms with van der Waals surface area (Å²) in [7, 11) is 0. The van der Waals surface area contributed by atoms with E-state index in [1.165, 1.54) is 17.0 Å². The van der Waals surface area contributed by atoms with E-state index in [9.17, 15) is 0 Å². The average Bonchev–Trinajstić information content (AvgIpc) is 2.35. The summed E-state index contributed by atoms with van der Waals surface area (Å²) >= 11 is 1.89. The third-order valence-electron chi connectivity index (χ3n) is 2.84. The lowest BCUT2D eigenvalue weighted by molar-refractivity contribution is 0.613. The summed E-state index contributed by atoms with van der Waals surface area (Å²) < 4.78 is 0. The molecule has 4 heteroatoms. The molecule has 2 rings (SSSR count). The molecule has 1 aliphatic rings. The van der Waals surface area contributed by atoms with Crippen LogP contribution in [0, 0.1) is 0 Å². The maximum absolute atomic E-state index is 4.69. The highest BCUT2D eigenvalue weighted by Gasteiger charge is 2.16. The first kappa shape index (κ1) is 11.9. The molecule has 0 unspecified atom stereocenters. The molecule has 1 aromatic rings. The summed E-state index contributed by atoms with van der Waals surface area (Å²) in [5.74, 6) is 3.09. The Morgan fingerprint density at radius 3 is 2.94 bits per heavy atom. The Hall–Kier alpha value is -0.610. The molecule has 0 bridgehead atoms. The van der Waals surface area contributed by atoms with Crippen LogP contribution in [0.3, 0.4) is 0 Å². The zero-order valence-corrected chi connectivity index (χ0v) is 10.9. The van der Waals surface area contributed by atoms with Gasteiger partial charge in [-0.05, 0) is 12.2 Å². The minimum atomic E-state index is 0.944. The van der Waals surface area contributed by atoms with E-state index in [-0.39, 0.29) is 0 Å². The number of aryl methyl sites for hydroxylation is 1. The molecule has 0 spiro atoms. The van der Waals surface area contributed by atoms with Crippen LogP contribution >= 0.6 is 11.8 Å². The van der Waals surface area contributed by atoms with Gasteiger partial charge in [0.05, 0.1) is 11.4 Å². The summed E-state index contributed by atoms with van der Waals surface area (Å²) in [6.07, 6.45) is 2.06. The SMILES string of the molecule is CCSCc1nc(CC)c2c(n1)CCNC2. The zero-order valence-electron chi connectivity index (χ0n) is 10.0. The zero-order chi connectivity index (χ0) is 11.4. The van der Waals surface area contributed by atoms with Gasteiger partial charge in [-0.15, -0.1) is 0 Å². The summed E-state index contributed by atoms with van der Waals surface area (Å²) in [6.45, 7) is 6.34. The number of nitrogens with zero attached hydrogens (tertiary/aromatic N) is 2. The molecule has 1 aromatic heterocycles. The Balaban J connectivity index is 2.28. The summed E-state index contributed by atoms with van der Waals surface area (Å²) in [5.41, 5.74) is 3.86. The fraction of sp³-hybridized carbons (Fsp3) is 0.667. The van der Waals surface area contributed by atoms with Crippen LogP contribution in [0.4, 0.5) is 0 Å². The van der Waals surface area contributed by atoms with E-state index in [4.69, 9.17) is 0 Å². The van der Waals surface area contributed by atoms with Gasteiger partial charge >= 0.3 is 0 Å². The Labute approximate surface area is 101 Å². The number of hydrogen-bond donors (Lipinski definition) is 1. The predicted molar refractivity (Wildman–Crippen MR) is 68.7 cm³/mol. The smallest absolute Gasteiger partial charge is 0.138 e. The molecule has 0 amide bonds. The van der Waals surface area contributed by atoms with Crippen LogP contribution in [0.25, 0.3) is 0 Å². The van der Waals surface area contributed by atoms with Gasteiger partial charge in [-0.3, -0.25) is 0 Å². The van der Waals surface area contributed by atoms with Crippen molar-refractivity contribution < 1.29 is 0 Å². The predicted octanol–water partition coefficient (Wildman–Crippen LogP) is 1.94. The van der Waals surface area contributed by atoms with Crippen LogP contribution < -0.4 is 5.32 Å². The highest BCUT2D eigenvalue weighted by molar-refractivity contribution is 7.98. The number of hydrogen-bond acceptors (Lipinski definition) is 4. The van der Waals surface area contributed by atoms with Crippen LogP contribution in [0.2, 0.25) is 0 Å². The maximum atomic E-state index is 4.69. The standard InChI is InChI=1S/C12H19N3S/c1-3-10-9-7-13-6-5-11(9)15-12(14-10)8-16-4-2/h13H,3-8H2,1-2H3. The van der Waals surface area contributed by atoms with Gasteiger partial charge < -0.3 is 5.32 Å². The van der Waals surface area contributed by atoms with Gasteiger partial charge in [0.1, 0.15) is 5.82 Å².